The summed E-state index contributed by atoms with van der Waals surface area (Å²) in [6.45, 7) is 1.35. The Morgan fingerprint density at radius 2 is 1.67 bits per heavy atom. The Labute approximate surface area is 205 Å². The number of rotatable bonds is 3. The third-order valence-electron chi connectivity index (χ3n) is 7.73. The highest BCUT2D eigenvalue weighted by atomic mass is 16.5. The van der Waals surface area contributed by atoms with Crippen LogP contribution in [0.15, 0.2) is 65.5 Å². The lowest BCUT2D eigenvalue weighted by Gasteiger charge is -2.33. The monoisotopic (exact) mass is 477 g/mol. The van der Waals surface area contributed by atoms with E-state index in [0.717, 1.165) is 49.4 Å². The third kappa shape index (κ3) is 2.77. The van der Waals surface area contributed by atoms with E-state index in [-0.39, 0.29) is 11.5 Å². The second kappa shape index (κ2) is 7.55. The Balaban J connectivity index is 1.54. The molecule has 0 spiro atoms. The summed E-state index contributed by atoms with van der Waals surface area (Å²) < 4.78 is 7.30. The molecule has 6 aromatic rings. The number of aromatic nitrogens is 2. The molecule has 0 amide bonds. The molecule has 1 aliphatic rings. The van der Waals surface area contributed by atoms with E-state index in [0.29, 0.717) is 37.0 Å². The van der Waals surface area contributed by atoms with Gasteiger partial charge in [0, 0.05) is 51.1 Å². The van der Waals surface area contributed by atoms with Crippen molar-refractivity contribution in [2.45, 2.75) is 12.8 Å². The molecule has 1 aliphatic heterocycles. The normalized spacial score (nSPS) is 15.1. The number of hydrogen-bond donors (Lipinski definition) is 1. The molecule has 0 bridgehead atoms. The van der Waals surface area contributed by atoms with Crippen LogP contribution in [0.5, 0.6) is 5.75 Å². The summed E-state index contributed by atoms with van der Waals surface area (Å²) in [4.78, 5) is 32.6. The first-order chi connectivity index (χ1) is 17.6. The van der Waals surface area contributed by atoms with Gasteiger partial charge in [0.2, 0.25) is 0 Å². The average Bonchev–Trinajstić information content (AvgIpc) is 2.91. The molecule has 36 heavy (non-hydrogen) atoms. The number of benzene rings is 4. The van der Waals surface area contributed by atoms with E-state index in [1.165, 1.54) is 0 Å². The number of anilines is 1. The molecule has 1 fully saturated rings. The summed E-state index contributed by atoms with van der Waals surface area (Å²) in [5, 5.41) is 14.7. The van der Waals surface area contributed by atoms with Gasteiger partial charge in [0.05, 0.1) is 24.1 Å². The molecule has 178 valence electrons. The SMILES string of the molecule is COc1ccc2nc3c4ccc(N5CCC(C(=O)O)CC5)c5cccc(c(=O)n3c3cccc1c23)c54. The lowest BCUT2D eigenvalue weighted by Crippen LogP contribution is -2.36. The molecule has 7 rings (SSSR count). The van der Waals surface area contributed by atoms with Gasteiger partial charge in [0.15, 0.2) is 0 Å². The second-order valence-corrected chi connectivity index (χ2v) is 9.52. The molecule has 0 saturated carbocycles. The lowest BCUT2D eigenvalue weighted by atomic mass is 9.95. The summed E-state index contributed by atoms with van der Waals surface area (Å²) in [7, 11) is 1.65. The van der Waals surface area contributed by atoms with Crippen molar-refractivity contribution in [1.29, 1.82) is 0 Å². The molecular formula is C29H23N3O4. The maximum atomic E-state index is 14.0. The van der Waals surface area contributed by atoms with Crippen molar-refractivity contribution >= 4 is 60.7 Å². The number of carbonyl (C=O) groups is 1. The molecular weight excluding hydrogens is 454 g/mol. The Kier molecular flexibility index (Phi) is 4.39. The van der Waals surface area contributed by atoms with Crippen molar-refractivity contribution in [3.63, 3.8) is 0 Å². The second-order valence-electron chi connectivity index (χ2n) is 9.52. The maximum absolute atomic E-state index is 14.0. The summed E-state index contributed by atoms with van der Waals surface area (Å²) in [6.07, 6.45) is 1.23. The van der Waals surface area contributed by atoms with Gasteiger partial charge in [-0.25, -0.2) is 4.98 Å². The van der Waals surface area contributed by atoms with Crippen LogP contribution in [0.4, 0.5) is 5.69 Å². The van der Waals surface area contributed by atoms with Gasteiger partial charge in [0.1, 0.15) is 11.4 Å². The van der Waals surface area contributed by atoms with Crippen LogP contribution in [0.1, 0.15) is 12.8 Å². The zero-order chi connectivity index (χ0) is 24.6. The highest BCUT2D eigenvalue weighted by molar-refractivity contribution is 6.20. The van der Waals surface area contributed by atoms with Gasteiger partial charge in [-0.1, -0.05) is 24.3 Å². The van der Waals surface area contributed by atoms with E-state index in [1.807, 2.05) is 48.5 Å². The van der Waals surface area contributed by atoms with Gasteiger partial charge in [-0.3, -0.25) is 14.0 Å². The Morgan fingerprint density at radius 3 is 2.44 bits per heavy atom. The molecule has 0 aliphatic carbocycles. The number of nitrogens with zero attached hydrogens (tertiary/aromatic N) is 3. The van der Waals surface area contributed by atoms with E-state index < -0.39 is 5.97 Å². The minimum Gasteiger partial charge on any atom is -0.496 e. The van der Waals surface area contributed by atoms with Crippen molar-refractivity contribution in [2.75, 3.05) is 25.1 Å². The van der Waals surface area contributed by atoms with Crippen molar-refractivity contribution in [3.8, 4) is 5.75 Å². The molecule has 0 radical (unpaired) electrons. The van der Waals surface area contributed by atoms with Gasteiger partial charge in [-0.15, -0.1) is 0 Å². The Bertz CT molecular complexity index is 1900. The van der Waals surface area contributed by atoms with Gasteiger partial charge >= 0.3 is 5.97 Å². The van der Waals surface area contributed by atoms with Crippen LogP contribution in [0, 0.1) is 5.92 Å². The first-order valence-electron chi connectivity index (χ1n) is 12.1. The van der Waals surface area contributed by atoms with Crippen LogP contribution in [0.2, 0.25) is 0 Å². The predicted molar refractivity (Wildman–Crippen MR) is 142 cm³/mol. The van der Waals surface area contributed by atoms with E-state index in [9.17, 15) is 14.7 Å². The molecule has 7 nitrogen and oxygen atoms in total. The van der Waals surface area contributed by atoms with Gasteiger partial charge in [0.25, 0.3) is 5.56 Å². The van der Waals surface area contributed by atoms with Gasteiger partial charge in [-0.05, 0) is 49.2 Å². The van der Waals surface area contributed by atoms with Crippen molar-refractivity contribution in [2.24, 2.45) is 5.92 Å². The first-order valence-corrected chi connectivity index (χ1v) is 12.1. The number of hydrogen-bond acceptors (Lipinski definition) is 5. The standard InChI is InChI=1S/C29H23N3O4/c1-36-24-11-9-21-26-18(24)5-3-7-23(26)32-27(30-21)19-8-10-22(31-14-12-16(13-15-31)29(34)35)17-4-2-6-20(25(17)19)28(32)33/h2-11,16H,12-15H2,1H3,(H,34,35). The molecule has 4 aromatic carbocycles. The number of ether oxygens (including phenoxy) is 1. The number of methoxy groups -OCH3 is 1. The minimum absolute atomic E-state index is 0.102. The average molecular weight is 478 g/mol. The zero-order valence-electron chi connectivity index (χ0n) is 19.7. The van der Waals surface area contributed by atoms with Crippen LogP contribution in [0.3, 0.4) is 0 Å². The maximum Gasteiger partial charge on any atom is 0.306 e. The quantitative estimate of drug-likeness (QED) is 0.284. The van der Waals surface area contributed by atoms with Crippen molar-refractivity contribution < 1.29 is 14.6 Å². The molecule has 2 aromatic heterocycles. The number of fused-ring (bicyclic) bond motifs is 3. The van der Waals surface area contributed by atoms with Crippen molar-refractivity contribution in [1.82, 2.24) is 9.38 Å². The van der Waals surface area contributed by atoms with E-state index in [4.69, 9.17) is 9.72 Å². The number of piperidine rings is 1. The topological polar surface area (TPSA) is 84.1 Å². The highest BCUT2D eigenvalue weighted by Gasteiger charge is 2.26. The van der Waals surface area contributed by atoms with Crippen LogP contribution in [-0.4, -0.2) is 40.7 Å². The highest BCUT2D eigenvalue weighted by Crippen LogP contribution is 2.38. The molecule has 3 heterocycles. The number of carboxylic acid groups (broad SMARTS) is 1. The first kappa shape index (κ1) is 20.9. The summed E-state index contributed by atoms with van der Waals surface area (Å²) in [6, 6.07) is 19.8. The summed E-state index contributed by atoms with van der Waals surface area (Å²) >= 11 is 0. The number of carboxylic acids is 1. The molecule has 1 N–H and O–H groups in total. The minimum atomic E-state index is -0.722. The van der Waals surface area contributed by atoms with Crippen LogP contribution in [-0.2, 0) is 4.79 Å². The fourth-order valence-electron chi connectivity index (χ4n) is 5.98. The summed E-state index contributed by atoms with van der Waals surface area (Å²) in [5.74, 6) is -0.271. The molecule has 0 atom stereocenters. The Morgan fingerprint density at radius 1 is 0.917 bits per heavy atom. The lowest BCUT2D eigenvalue weighted by molar-refractivity contribution is -0.142. The number of aliphatic carboxylic acids is 1. The zero-order valence-corrected chi connectivity index (χ0v) is 19.7. The summed E-state index contributed by atoms with van der Waals surface area (Å²) in [5.41, 5.74) is 3.18. The smallest absolute Gasteiger partial charge is 0.306 e. The predicted octanol–water partition coefficient (Wildman–Crippen LogP) is 5.05. The molecule has 1 saturated heterocycles. The van der Waals surface area contributed by atoms with Crippen molar-refractivity contribution in [3.05, 3.63) is 71.0 Å². The van der Waals surface area contributed by atoms with Crippen LogP contribution >= 0.6 is 0 Å². The largest absolute Gasteiger partial charge is 0.496 e. The fourth-order valence-corrected chi connectivity index (χ4v) is 5.98. The van der Waals surface area contributed by atoms with E-state index in [2.05, 4.69) is 17.0 Å². The third-order valence-corrected chi connectivity index (χ3v) is 7.73. The number of pyridine rings is 1. The fraction of sp³-hybridized carbons (Fsp3) is 0.207. The van der Waals surface area contributed by atoms with Crippen LogP contribution in [0.25, 0.3) is 49.0 Å². The van der Waals surface area contributed by atoms with E-state index >= 15 is 0 Å². The molecule has 0 unspecified atom stereocenters. The van der Waals surface area contributed by atoms with Gasteiger partial charge < -0.3 is 14.7 Å². The van der Waals surface area contributed by atoms with Gasteiger partial charge in [-0.2, -0.15) is 0 Å². The van der Waals surface area contributed by atoms with E-state index in [1.54, 1.807) is 11.5 Å². The Hall–Kier alpha value is -4.39. The van der Waals surface area contributed by atoms with Crippen LogP contribution < -0.4 is 15.2 Å². The molecule has 7 heteroatoms.